The van der Waals surface area contributed by atoms with Gasteiger partial charge in [0.05, 0.1) is 7.11 Å². The highest BCUT2D eigenvalue weighted by Gasteiger charge is 2.12. The average molecular weight is 326 g/mol. The standard InChI is InChI=1S/C18H27NO2.ClH/c1-3-12-21-17-11-10-15(13-18(17)20-2)14-19-16-8-6-4-5-7-9-16;/h3,10-11,13,16,19H,1,4-9,12,14H2,2H3;1H. The number of methoxy groups -OCH3 is 1. The van der Waals surface area contributed by atoms with Crippen LogP contribution < -0.4 is 14.8 Å². The predicted octanol–water partition coefficient (Wildman–Crippen LogP) is 4.49. The van der Waals surface area contributed by atoms with Crippen LogP contribution >= 0.6 is 12.4 Å². The zero-order valence-corrected chi connectivity index (χ0v) is 14.3. The fourth-order valence-electron chi connectivity index (χ4n) is 2.84. The predicted molar refractivity (Wildman–Crippen MR) is 94.3 cm³/mol. The van der Waals surface area contributed by atoms with Crippen molar-refractivity contribution >= 4 is 12.4 Å². The third kappa shape index (κ3) is 5.90. The Labute approximate surface area is 140 Å². The lowest BCUT2D eigenvalue weighted by atomic mass is 10.1. The average Bonchev–Trinajstić information content (AvgIpc) is 2.80. The van der Waals surface area contributed by atoms with Crippen molar-refractivity contribution in [2.75, 3.05) is 13.7 Å². The molecule has 22 heavy (non-hydrogen) atoms. The van der Waals surface area contributed by atoms with Crippen LogP contribution in [0.25, 0.3) is 0 Å². The molecule has 1 N–H and O–H groups in total. The van der Waals surface area contributed by atoms with E-state index in [-0.39, 0.29) is 12.4 Å². The van der Waals surface area contributed by atoms with Gasteiger partial charge in [-0.15, -0.1) is 12.4 Å². The maximum Gasteiger partial charge on any atom is 0.161 e. The van der Waals surface area contributed by atoms with E-state index in [4.69, 9.17) is 9.47 Å². The first-order valence-electron chi connectivity index (χ1n) is 7.97. The third-order valence-corrected chi connectivity index (χ3v) is 4.03. The number of hydrogen-bond acceptors (Lipinski definition) is 3. The first kappa shape index (κ1) is 18.9. The minimum Gasteiger partial charge on any atom is -0.493 e. The van der Waals surface area contributed by atoms with Crippen LogP contribution in [0.1, 0.15) is 44.1 Å². The molecule has 1 aromatic rings. The number of ether oxygens (including phenoxy) is 2. The van der Waals surface area contributed by atoms with Crippen molar-refractivity contribution in [1.29, 1.82) is 0 Å². The number of benzene rings is 1. The molecule has 2 rings (SSSR count). The molecule has 0 heterocycles. The van der Waals surface area contributed by atoms with Crippen molar-refractivity contribution < 1.29 is 9.47 Å². The Hall–Kier alpha value is -1.19. The molecule has 0 amide bonds. The second-order valence-corrected chi connectivity index (χ2v) is 5.65. The summed E-state index contributed by atoms with van der Waals surface area (Å²) >= 11 is 0. The fourth-order valence-corrected chi connectivity index (χ4v) is 2.84. The van der Waals surface area contributed by atoms with E-state index in [2.05, 4.69) is 24.0 Å². The lowest BCUT2D eigenvalue weighted by Gasteiger charge is -2.17. The van der Waals surface area contributed by atoms with Crippen LogP contribution in [0.5, 0.6) is 11.5 Å². The maximum absolute atomic E-state index is 5.58. The molecule has 1 aliphatic rings. The monoisotopic (exact) mass is 325 g/mol. The zero-order valence-electron chi connectivity index (χ0n) is 13.5. The highest BCUT2D eigenvalue weighted by atomic mass is 35.5. The fraction of sp³-hybridized carbons (Fsp3) is 0.556. The topological polar surface area (TPSA) is 30.5 Å². The van der Waals surface area contributed by atoms with Crippen molar-refractivity contribution in [1.82, 2.24) is 5.32 Å². The van der Waals surface area contributed by atoms with Crippen LogP contribution in [-0.2, 0) is 6.54 Å². The Kier molecular flexibility index (Phi) is 9.02. The number of nitrogens with one attached hydrogen (secondary N) is 1. The van der Waals surface area contributed by atoms with Gasteiger partial charge >= 0.3 is 0 Å². The molecule has 0 bridgehead atoms. The van der Waals surface area contributed by atoms with Crippen molar-refractivity contribution in [3.05, 3.63) is 36.4 Å². The summed E-state index contributed by atoms with van der Waals surface area (Å²) in [6.07, 6.45) is 9.84. The Morgan fingerprint density at radius 1 is 1.18 bits per heavy atom. The van der Waals surface area contributed by atoms with E-state index in [1.54, 1.807) is 13.2 Å². The van der Waals surface area contributed by atoms with Gasteiger partial charge in [0, 0.05) is 12.6 Å². The van der Waals surface area contributed by atoms with Gasteiger partial charge in [-0.2, -0.15) is 0 Å². The molecule has 124 valence electrons. The summed E-state index contributed by atoms with van der Waals surface area (Å²) in [6, 6.07) is 6.80. The van der Waals surface area contributed by atoms with Gasteiger partial charge in [-0.05, 0) is 30.5 Å². The number of halogens is 1. The molecule has 0 saturated heterocycles. The van der Waals surface area contributed by atoms with Crippen LogP contribution in [-0.4, -0.2) is 19.8 Å². The molecule has 0 radical (unpaired) electrons. The molecule has 4 heteroatoms. The molecule has 0 aliphatic heterocycles. The Bertz CT molecular complexity index is 443. The van der Waals surface area contributed by atoms with E-state index in [9.17, 15) is 0 Å². The Morgan fingerprint density at radius 2 is 1.91 bits per heavy atom. The van der Waals surface area contributed by atoms with Crippen molar-refractivity contribution in [3.63, 3.8) is 0 Å². The number of rotatable bonds is 7. The van der Waals surface area contributed by atoms with Crippen LogP contribution in [0.15, 0.2) is 30.9 Å². The van der Waals surface area contributed by atoms with E-state index >= 15 is 0 Å². The third-order valence-electron chi connectivity index (χ3n) is 4.03. The summed E-state index contributed by atoms with van der Waals surface area (Å²) in [5.74, 6) is 1.56. The van der Waals surface area contributed by atoms with Gasteiger partial charge in [0.2, 0.25) is 0 Å². The zero-order chi connectivity index (χ0) is 14.9. The van der Waals surface area contributed by atoms with Crippen molar-refractivity contribution in [2.24, 2.45) is 0 Å². The summed E-state index contributed by atoms with van der Waals surface area (Å²) < 4.78 is 11.0. The number of hydrogen-bond donors (Lipinski definition) is 1. The minimum atomic E-state index is 0. The summed E-state index contributed by atoms with van der Waals surface area (Å²) in [4.78, 5) is 0. The molecule has 0 aromatic heterocycles. The van der Waals surface area contributed by atoms with E-state index in [1.165, 1.54) is 44.1 Å². The Balaban J connectivity index is 0.00000242. The quantitative estimate of drug-likeness (QED) is 0.591. The van der Waals surface area contributed by atoms with Crippen molar-refractivity contribution in [3.8, 4) is 11.5 Å². The summed E-state index contributed by atoms with van der Waals surface area (Å²) in [7, 11) is 1.68. The van der Waals surface area contributed by atoms with E-state index in [0.29, 0.717) is 12.6 Å². The van der Waals surface area contributed by atoms with Gasteiger partial charge in [-0.1, -0.05) is 44.4 Å². The van der Waals surface area contributed by atoms with Crippen LogP contribution in [0.2, 0.25) is 0 Å². The molecule has 1 aliphatic carbocycles. The molecule has 1 fully saturated rings. The minimum absolute atomic E-state index is 0. The molecule has 0 unspecified atom stereocenters. The summed E-state index contributed by atoms with van der Waals surface area (Å²) in [6.45, 7) is 5.05. The molecular formula is C18H28ClNO2. The summed E-state index contributed by atoms with van der Waals surface area (Å²) in [5, 5.41) is 3.68. The van der Waals surface area contributed by atoms with E-state index < -0.39 is 0 Å². The van der Waals surface area contributed by atoms with Gasteiger partial charge in [0.25, 0.3) is 0 Å². The van der Waals surface area contributed by atoms with Gasteiger partial charge in [0.1, 0.15) is 6.61 Å². The lowest BCUT2D eigenvalue weighted by Crippen LogP contribution is -2.27. The van der Waals surface area contributed by atoms with E-state index in [0.717, 1.165) is 18.0 Å². The molecule has 0 spiro atoms. The van der Waals surface area contributed by atoms with E-state index in [1.807, 2.05) is 6.07 Å². The van der Waals surface area contributed by atoms with Gasteiger partial charge in [-0.25, -0.2) is 0 Å². The highest BCUT2D eigenvalue weighted by molar-refractivity contribution is 5.85. The van der Waals surface area contributed by atoms with Gasteiger partial charge in [0.15, 0.2) is 11.5 Å². The molecule has 3 nitrogen and oxygen atoms in total. The normalized spacial score (nSPS) is 15.5. The molecular weight excluding hydrogens is 298 g/mol. The van der Waals surface area contributed by atoms with Gasteiger partial charge in [-0.3, -0.25) is 0 Å². The van der Waals surface area contributed by atoms with Crippen LogP contribution in [0, 0.1) is 0 Å². The maximum atomic E-state index is 5.58. The van der Waals surface area contributed by atoms with Gasteiger partial charge < -0.3 is 14.8 Å². The summed E-state index contributed by atoms with van der Waals surface area (Å²) in [5.41, 5.74) is 1.24. The first-order chi connectivity index (χ1) is 10.3. The molecule has 1 aromatic carbocycles. The lowest BCUT2D eigenvalue weighted by molar-refractivity contribution is 0.326. The van der Waals surface area contributed by atoms with Crippen LogP contribution in [0.4, 0.5) is 0 Å². The Morgan fingerprint density at radius 3 is 2.55 bits per heavy atom. The SMILES string of the molecule is C=CCOc1ccc(CNC2CCCCCC2)cc1OC.Cl. The molecule has 0 atom stereocenters. The molecule has 1 saturated carbocycles. The second kappa shape index (κ2) is 10.5. The second-order valence-electron chi connectivity index (χ2n) is 5.65. The smallest absolute Gasteiger partial charge is 0.161 e. The van der Waals surface area contributed by atoms with Crippen LogP contribution in [0.3, 0.4) is 0 Å². The highest BCUT2D eigenvalue weighted by Crippen LogP contribution is 2.28. The largest absolute Gasteiger partial charge is 0.493 e. The first-order valence-corrected chi connectivity index (χ1v) is 7.97. The van der Waals surface area contributed by atoms with Crippen molar-refractivity contribution in [2.45, 2.75) is 51.1 Å².